The van der Waals surface area contributed by atoms with Gasteiger partial charge in [-0.25, -0.2) is 13.6 Å². The maximum Gasteiger partial charge on any atom is 0.335 e. The van der Waals surface area contributed by atoms with Gasteiger partial charge in [-0.15, -0.1) is 0 Å². The number of hydrogen-bond acceptors (Lipinski definition) is 3. The van der Waals surface area contributed by atoms with Crippen LogP contribution in [0.1, 0.15) is 23.2 Å². The molecule has 4 nitrogen and oxygen atoms in total. The van der Waals surface area contributed by atoms with E-state index in [2.05, 4.69) is 0 Å². The monoisotopic (exact) mass is 285 g/mol. The van der Waals surface area contributed by atoms with Gasteiger partial charge in [0.05, 0.1) is 12.2 Å². The van der Waals surface area contributed by atoms with Gasteiger partial charge in [-0.05, 0) is 30.9 Å². The van der Waals surface area contributed by atoms with Crippen LogP contribution in [-0.2, 0) is 4.74 Å². The van der Waals surface area contributed by atoms with E-state index in [0.29, 0.717) is 13.2 Å². The molecule has 1 heterocycles. The Morgan fingerprint density at radius 3 is 2.60 bits per heavy atom. The van der Waals surface area contributed by atoms with Crippen LogP contribution in [0, 0.1) is 17.6 Å². The van der Waals surface area contributed by atoms with E-state index in [-0.39, 0.29) is 11.6 Å². The molecule has 1 N–H and O–H groups in total. The predicted octanol–water partition coefficient (Wildman–Crippen LogP) is 2.53. The molecule has 1 aromatic rings. The van der Waals surface area contributed by atoms with Crippen molar-refractivity contribution in [2.45, 2.75) is 12.8 Å². The van der Waals surface area contributed by atoms with Gasteiger partial charge in [0.1, 0.15) is 17.3 Å². The highest BCUT2D eigenvalue weighted by Gasteiger charge is 2.21. The Labute approximate surface area is 116 Å². The minimum Gasteiger partial charge on any atom is -0.478 e. The largest absolute Gasteiger partial charge is 0.478 e. The first-order valence-electron chi connectivity index (χ1n) is 6.50. The standard InChI is InChI=1S/C14H17F2NO3/c1-17(7-9-3-2-4-20-8-9)13-11(15)5-10(14(18)19)6-12(13)16/h5-6,9H,2-4,7-8H2,1H3,(H,18,19). The predicted molar refractivity (Wildman–Crippen MR) is 70.1 cm³/mol. The number of carboxylic acids is 1. The molecule has 0 aliphatic carbocycles. The fourth-order valence-electron chi connectivity index (χ4n) is 2.48. The number of carbonyl (C=O) groups is 1. The molecule has 1 saturated heterocycles. The number of carboxylic acid groups (broad SMARTS) is 1. The van der Waals surface area contributed by atoms with Crippen molar-refractivity contribution in [3.63, 3.8) is 0 Å². The van der Waals surface area contributed by atoms with E-state index in [9.17, 15) is 13.6 Å². The van der Waals surface area contributed by atoms with Gasteiger partial charge in [-0.2, -0.15) is 0 Å². The molecule has 0 spiro atoms. The lowest BCUT2D eigenvalue weighted by Crippen LogP contribution is -2.32. The van der Waals surface area contributed by atoms with Crippen molar-refractivity contribution in [1.29, 1.82) is 0 Å². The van der Waals surface area contributed by atoms with Gasteiger partial charge in [-0.3, -0.25) is 0 Å². The fourth-order valence-corrected chi connectivity index (χ4v) is 2.48. The van der Waals surface area contributed by atoms with Gasteiger partial charge in [0.25, 0.3) is 0 Å². The Morgan fingerprint density at radius 1 is 1.45 bits per heavy atom. The third-order valence-corrected chi connectivity index (χ3v) is 3.43. The SMILES string of the molecule is CN(CC1CCCOC1)c1c(F)cc(C(=O)O)cc1F. The van der Waals surface area contributed by atoms with Gasteiger partial charge in [0, 0.05) is 20.2 Å². The molecule has 1 aliphatic rings. The Kier molecular flexibility index (Phi) is 4.54. The molecule has 1 aromatic carbocycles. The molecule has 1 fully saturated rings. The van der Waals surface area contributed by atoms with Crippen LogP contribution in [0.3, 0.4) is 0 Å². The van der Waals surface area contributed by atoms with E-state index in [4.69, 9.17) is 9.84 Å². The van der Waals surface area contributed by atoms with Gasteiger partial charge in [-0.1, -0.05) is 0 Å². The van der Waals surface area contributed by atoms with Crippen molar-refractivity contribution in [2.24, 2.45) is 5.92 Å². The van der Waals surface area contributed by atoms with E-state index < -0.39 is 23.2 Å². The Morgan fingerprint density at radius 2 is 2.10 bits per heavy atom. The van der Waals surface area contributed by atoms with E-state index in [1.807, 2.05) is 0 Å². The zero-order chi connectivity index (χ0) is 14.7. The minimum atomic E-state index is -1.35. The summed E-state index contributed by atoms with van der Waals surface area (Å²) in [5.74, 6) is -2.84. The summed E-state index contributed by atoms with van der Waals surface area (Å²) in [6, 6.07) is 1.68. The summed E-state index contributed by atoms with van der Waals surface area (Å²) in [6.07, 6.45) is 1.90. The molecule has 0 amide bonds. The summed E-state index contributed by atoms with van der Waals surface area (Å²) in [6.45, 7) is 1.79. The molecular formula is C14H17F2NO3. The van der Waals surface area contributed by atoms with Crippen molar-refractivity contribution < 1.29 is 23.4 Å². The third kappa shape index (κ3) is 3.25. The summed E-state index contributed by atoms with van der Waals surface area (Å²) in [5, 5.41) is 8.76. The second-order valence-corrected chi connectivity index (χ2v) is 5.06. The van der Waals surface area contributed by atoms with Crippen molar-refractivity contribution in [3.05, 3.63) is 29.3 Å². The maximum absolute atomic E-state index is 13.9. The van der Waals surface area contributed by atoms with E-state index in [0.717, 1.165) is 31.6 Å². The van der Waals surface area contributed by atoms with Crippen LogP contribution < -0.4 is 4.90 Å². The maximum atomic E-state index is 13.9. The first kappa shape index (κ1) is 14.7. The van der Waals surface area contributed by atoms with Crippen LogP contribution >= 0.6 is 0 Å². The van der Waals surface area contributed by atoms with Gasteiger partial charge in [0.15, 0.2) is 0 Å². The lowest BCUT2D eigenvalue weighted by atomic mass is 10.0. The average molecular weight is 285 g/mol. The number of benzene rings is 1. The average Bonchev–Trinajstić information content (AvgIpc) is 2.38. The number of ether oxygens (including phenoxy) is 1. The van der Waals surface area contributed by atoms with Crippen LogP contribution in [0.2, 0.25) is 0 Å². The molecule has 0 aromatic heterocycles. The number of hydrogen-bond donors (Lipinski definition) is 1. The topological polar surface area (TPSA) is 49.8 Å². The van der Waals surface area contributed by atoms with Crippen molar-refractivity contribution in [1.82, 2.24) is 0 Å². The van der Waals surface area contributed by atoms with Crippen molar-refractivity contribution in [2.75, 3.05) is 31.7 Å². The molecule has 2 rings (SSSR count). The molecule has 1 unspecified atom stereocenters. The smallest absolute Gasteiger partial charge is 0.335 e. The molecule has 110 valence electrons. The second-order valence-electron chi connectivity index (χ2n) is 5.06. The van der Waals surface area contributed by atoms with Gasteiger partial charge in [0.2, 0.25) is 0 Å². The van der Waals surface area contributed by atoms with E-state index in [1.54, 1.807) is 7.05 Å². The normalized spacial score (nSPS) is 18.9. The molecular weight excluding hydrogens is 268 g/mol. The van der Waals surface area contributed by atoms with E-state index >= 15 is 0 Å². The fraction of sp³-hybridized carbons (Fsp3) is 0.500. The molecule has 0 saturated carbocycles. The van der Waals surface area contributed by atoms with Crippen LogP contribution in [0.25, 0.3) is 0 Å². The quantitative estimate of drug-likeness (QED) is 0.923. The summed E-state index contributed by atoms with van der Waals surface area (Å²) >= 11 is 0. The Hall–Kier alpha value is -1.69. The zero-order valence-corrected chi connectivity index (χ0v) is 11.2. The highest BCUT2D eigenvalue weighted by atomic mass is 19.1. The van der Waals surface area contributed by atoms with Crippen LogP contribution in [0.5, 0.6) is 0 Å². The first-order valence-corrected chi connectivity index (χ1v) is 6.50. The molecule has 20 heavy (non-hydrogen) atoms. The molecule has 0 radical (unpaired) electrons. The highest BCUT2D eigenvalue weighted by Crippen LogP contribution is 2.26. The minimum absolute atomic E-state index is 0.194. The molecule has 1 aliphatic heterocycles. The number of nitrogens with zero attached hydrogens (tertiary/aromatic N) is 1. The number of aromatic carboxylic acids is 1. The molecule has 1 atom stereocenters. The number of anilines is 1. The van der Waals surface area contributed by atoms with Crippen LogP contribution in [0.4, 0.5) is 14.5 Å². The lowest BCUT2D eigenvalue weighted by Gasteiger charge is -2.28. The summed E-state index contributed by atoms with van der Waals surface area (Å²) in [5.41, 5.74) is -0.585. The lowest BCUT2D eigenvalue weighted by molar-refractivity contribution is 0.0575. The molecule has 6 heteroatoms. The Balaban J connectivity index is 2.16. The number of rotatable bonds is 4. The van der Waals surface area contributed by atoms with Gasteiger partial charge < -0.3 is 14.7 Å². The van der Waals surface area contributed by atoms with Gasteiger partial charge >= 0.3 is 5.97 Å². The van der Waals surface area contributed by atoms with Crippen LogP contribution in [0.15, 0.2) is 12.1 Å². The number of halogens is 2. The molecule has 0 bridgehead atoms. The summed E-state index contributed by atoms with van der Waals surface area (Å²) in [7, 11) is 1.59. The van der Waals surface area contributed by atoms with Crippen molar-refractivity contribution in [3.8, 4) is 0 Å². The summed E-state index contributed by atoms with van der Waals surface area (Å²) < 4.78 is 33.1. The zero-order valence-electron chi connectivity index (χ0n) is 11.2. The second kappa shape index (κ2) is 6.17. The summed E-state index contributed by atoms with van der Waals surface area (Å²) in [4.78, 5) is 12.2. The van der Waals surface area contributed by atoms with E-state index in [1.165, 1.54) is 4.90 Å². The first-order chi connectivity index (χ1) is 9.49. The van der Waals surface area contributed by atoms with Crippen molar-refractivity contribution >= 4 is 11.7 Å². The third-order valence-electron chi connectivity index (χ3n) is 3.43. The Bertz CT molecular complexity index is 478. The van der Waals surface area contributed by atoms with Crippen LogP contribution in [-0.4, -0.2) is 37.9 Å². The highest BCUT2D eigenvalue weighted by molar-refractivity contribution is 5.88.